The Hall–Kier alpha value is -2.28. The first-order valence-corrected chi connectivity index (χ1v) is 6.50. The van der Waals surface area contributed by atoms with Crippen molar-refractivity contribution in [2.45, 2.75) is 13.8 Å². The van der Waals surface area contributed by atoms with E-state index in [0.29, 0.717) is 9.97 Å². The number of rotatable bonds is 2. The van der Waals surface area contributed by atoms with Crippen LogP contribution in [0.4, 0.5) is 5.69 Å². The fourth-order valence-electron chi connectivity index (χ4n) is 1.88. The van der Waals surface area contributed by atoms with E-state index in [1.54, 1.807) is 0 Å². The third-order valence-electron chi connectivity index (χ3n) is 2.56. The van der Waals surface area contributed by atoms with Crippen molar-refractivity contribution in [2.75, 3.05) is 5.32 Å². The molecule has 0 saturated carbocycles. The van der Waals surface area contributed by atoms with E-state index in [9.17, 15) is 4.79 Å². The molecule has 0 unspecified atom stereocenters. The van der Waals surface area contributed by atoms with Gasteiger partial charge in [-0.05, 0) is 37.1 Å². The van der Waals surface area contributed by atoms with E-state index in [0.717, 1.165) is 16.8 Å². The van der Waals surface area contributed by atoms with Gasteiger partial charge in [-0.2, -0.15) is 4.52 Å². The molecule has 0 radical (unpaired) electrons. The maximum absolute atomic E-state index is 12.1. The standard InChI is InChI=1S/C12H11N5OS/c1-7-3-8(2)5-9(4-7)14-10(18)11-16-17-6-13-15-12(17)19-11/h3-6H,1-2H3,(H,14,18). The van der Waals surface area contributed by atoms with E-state index in [4.69, 9.17) is 0 Å². The van der Waals surface area contributed by atoms with Crippen molar-refractivity contribution in [3.05, 3.63) is 40.7 Å². The van der Waals surface area contributed by atoms with Crippen molar-refractivity contribution >= 4 is 27.9 Å². The van der Waals surface area contributed by atoms with Crippen LogP contribution in [0.2, 0.25) is 0 Å². The number of aromatic nitrogens is 4. The lowest BCUT2D eigenvalue weighted by Gasteiger charge is -2.05. The molecule has 2 aromatic heterocycles. The van der Waals surface area contributed by atoms with Crippen molar-refractivity contribution in [1.82, 2.24) is 19.8 Å². The maximum Gasteiger partial charge on any atom is 0.286 e. The van der Waals surface area contributed by atoms with Crippen LogP contribution in [0.15, 0.2) is 24.5 Å². The van der Waals surface area contributed by atoms with Crippen molar-refractivity contribution in [2.24, 2.45) is 0 Å². The molecule has 0 aliphatic carbocycles. The molecule has 1 aromatic carbocycles. The van der Waals surface area contributed by atoms with Crippen molar-refractivity contribution < 1.29 is 4.79 Å². The van der Waals surface area contributed by atoms with E-state index < -0.39 is 0 Å². The van der Waals surface area contributed by atoms with Gasteiger partial charge in [-0.15, -0.1) is 15.3 Å². The van der Waals surface area contributed by atoms with Gasteiger partial charge in [-0.3, -0.25) is 4.79 Å². The first-order chi connectivity index (χ1) is 9.11. The van der Waals surface area contributed by atoms with E-state index in [2.05, 4.69) is 26.7 Å². The van der Waals surface area contributed by atoms with Gasteiger partial charge >= 0.3 is 0 Å². The van der Waals surface area contributed by atoms with Crippen LogP contribution in [0.1, 0.15) is 20.9 Å². The predicted octanol–water partition coefficient (Wildman–Crippen LogP) is 2.05. The van der Waals surface area contributed by atoms with E-state index in [-0.39, 0.29) is 5.91 Å². The number of hydrogen-bond donors (Lipinski definition) is 1. The van der Waals surface area contributed by atoms with Gasteiger partial charge in [-0.1, -0.05) is 17.4 Å². The average molecular weight is 273 g/mol. The summed E-state index contributed by atoms with van der Waals surface area (Å²) >= 11 is 1.21. The summed E-state index contributed by atoms with van der Waals surface area (Å²) in [6, 6.07) is 5.90. The van der Waals surface area contributed by atoms with Crippen LogP contribution in [0.25, 0.3) is 4.96 Å². The summed E-state index contributed by atoms with van der Waals surface area (Å²) in [5.74, 6) is -0.236. The minimum Gasteiger partial charge on any atom is -0.320 e. The van der Waals surface area contributed by atoms with Crippen LogP contribution in [-0.2, 0) is 0 Å². The van der Waals surface area contributed by atoms with Gasteiger partial charge in [0, 0.05) is 5.69 Å². The normalized spacial score (nSPS) is 10.8. The lowest BCUT2D eigenvalue weighted by atomic mass is 10.1. The number of carbonyl (C=O) groups is 1. The summed E-state index contributed by atoms with van der Waals surface area (Å²) in [4.78, 5) is 12.7. The highest BCUT2D eigenvalue weighted by Crippen LogP contribution is 2.17. The molecule has 7 heteroatoms. The second-order valence-corrected chi connectivity index (χ2v) is 5.25. The zero-order chi connectivity index (χ0) is 13.4. The van der Waals surface area contributed by atoms with Gasteiger partial charge in [0.1, 0.15) is 6.33 Å². The highest BCUT2D eigenvalue weighted by Gasteiger charge is 2.13. The fraction of sp³-hybridized carbons (Fsp3) is 0.167. The SMILES string of the molecule is Cc1cc(C)cc(NC(=O)c2nn3cnnc3s2)c1. The second kappa shape index (κ2) is 4.43. The van der Waals surface area contributed by atoms with E-state index in [1.165, 1.54) is 22.2 Å². The minimum absolute atomic E-state index is 0.236. The summed E-state index contributed by atoms with van der Waals surface area (Å²) in [5.41, 5.74) is 2.98. The van der Waals surface area contributed by atoms with Crippen LogP contribution in [-0.4, -0.2) is 25.7 Å². The molecular formula is C12H11N5OS. The topological polar surface area (TPSA) is 72.2 Å². The molecule has 0 spiro atoms. The summed E-state index contributed by atoms with van der Waals surface area (Å²) in [5, 5.41) is 14.9. The van der Waals surface area contributed by atoms with E-state index in [1.807, 2.05) is 26.0 Å². The quantitative estimate of drug-likeness (QED) is 0.775. The van der Waals surface area contributed by atoms with Crippen molar-refractivity contribution in [3.63, 3.8) is 0 Å². The number of fused-ring (bicyclic) bond motifs is 1. The van der Waals surface area contributed by atoms with Gasteiger partial charge in [0.15, 0.2) is 0 Å². The lowest BCUT2D eigenvalue weighted by molar-refractivity contribution is 0.102. The highest BCUT2D eigenvalue weighted by molar-refractivity contribution is 7.18. The van der Waals surface area contributed by atoms with Crippen LogP contribution in [0.5, 0.6) is 0 Å². The molecule has 2 heterocycles. The molecule has 1 amide bonds. The molecule has 0 bridgehead atoms. The second-order valence-electron chi connectivity index (χ2n) is 4.30. The maximum atomic E-state index is 12.1. The zero-order valence-corrected chi connectivity index (χ0v) is 11.2. The number of hydrogen-bond acceptors (Lipinski definition) is 5. The smallest absolute Gasteiger partial charge is 0.286 e. The lowest BCUT2D eigenvalue weighted by Crippen LogP contribution is -2.12. The number of carbonyl (C=O) groups excluding carboxylic acids is 1. The Morgan fingerprint density at radius 3 is 2.68 bits per heavy atom. The van der Waals surface area contributed by atoms with Crippen LogP contribution in [0, 0.1) is 13.8 Å². The third kappa shape index (κ3) is 2.32. The summed E-state index contributed by atoms with van der Waals surface area (Å²) in [6.07, 6.45) is 1.47. The summed E-state index contributed by atoms with van der Waals surface area (Å²) in [7, 11) is 0. The molecule has 0 aliphatic rings. The van der Waals surface area contributed by atoms with Crippen molar-refractivity contribution in [3.8, 4) is 0 Å². The number of aryl methyl sites for hydroxylation is 2. The Bertz CT molecular complexity index is 712. The molecule has 6 nitrogen and oxygen atoms in total. The van der Waals surface area contributed by atoms with Gasteiger partial charge in [0.05, 0.1) is 0 Å². The van der Waals surface area contributed by atoms with Crippen LogP contribution >= 0.6 is 11.3 Å². The molecule has 19 heavy (non-hydrogen) atoms. The molecule has 0 fully saturated rings. The Kier molecular flexibility index (Phi) is 2.75. The molecule has 0 aliphatic heterocycles. The molecule has 0 atom stereocenters. The Labute approximate surface area is 113 Å². The molecule has 1 N–H and O–H groups in total. The Morgan fingerprint density at radius 2 is 2.00 bits per heavy atom. The van der Waals surface area contributed by atoms with Gasteiger partial charge in [-0.25, -0.2) is 0 Å². The molecule has 3 rings (SSSR count). The van der Waals surface area contributed by atoms with Gasteiger partial charge in [0.25, 0.3) is 5.91 Å². The van der Waals surface area contributed by atoms with Gasteiger partial charge in [0.2, 0.25) is 9.97 Å². The minimum atomic E-state index is -0.236. The molecule has 0 saturated heterocycles. The number of nitrogens with zero attached hydrogens (tertiary/aromatic N) is 4. The zero-order valence-electron chi connectivity index (χ0n) is 10.4. The first kappa shape index (κ1) is 11.8. The van der Waals surface area contributed by atoms with Crippen molar-refractivity contribution in [1.29, 1.82) is 0 Å². The first-order valence-electron chi connectivity index (χ1n) is 5.68. The number of benzene rings is 1. The van der Waals surface area contributed by atoms with Crippen LogP contribution < -0.4 is 5.32 Å². The fourth-order valence-corrected chi connectivity index (χ4v) is 2.60. The Morgan fingerprint density at radius 1 is 1.26 bits per heavy atom. The third-order valence-corrected chi connectivity index (χ3v) is 3.47. The summed E-state index contributed by atoms with van der Waals surface area (Å²) in [6.45, 7) is 3.98. The predicted molar refractivity (Wildman–Crippen MR) is 72.5 cm³/mol. The number of anilines is 1. The molecular weight excluding hydrogens is 262 g/mol. The van der Waals surface area contributed by atoms with E-state index >= 15 is 0 Å². The molecule has 3 aromatic rings. The monoisotopic (exact) mass is 273 g/mol. The highest BCUT2D eigenvalue weighted by atomic mass is 32.1. The number of amides is 1. The molecule has 96 valence electrons. The largest absolute Gasteiger partial charge is 0.320 e. The number of nitrogens with one attached hydrogen (secondary N) is 1. The Balaban J connectivity index is 1.86. The van der Waals surface area contributed by atoms with Gasteiger partial charge < -0.3 is 5.32 Å². The van der Waals surface area contributed by atoms with Crippen LogP contribution in [0.3, 0.4) is 0 Å². The summed E-state index contributed by atoms with van der Waals surface area (Å²) < 4.78 is 1.49. The average Bonchev–Trinajstić information content (AvgIpc) is 2.86.